The lowest BCUT2D eigenvalue weighted by Crippen LogP contribution is -2.43. The molecule has 0 aromatic heterocycles. The van der Waals surface area contributed by atoms with Crippen molar-refractivity contribution < 1.29 is 9.18 Å². The predicted molar refractivity (Wildman–Crippen MR) is 68.3 cm³/mol. The van der Waals surface area contributed by atoms with Crippen LogP contribution in [0.3, 0.4) is 0 Å². The number of nitrogens with one attached hydrogen (secondary N) is 1. The highest BCUT2D eigenvalue weighted by Gasteiger charge is 2.20. The van der Waals surface area contributed by atoms with Crippen LogP contribution in [0.25, 0.3) is 0 Å². The summed E-state index contributed by atoms with van der Waals surface area (Å²) < 4.78 is 12.9. The van der Waals surface area contributed by atoms with Gasteiger partial charge in [0.05, 0.1) is 5.02 Å². The molecule has 0 spiro atoms. The van der Waals surface area contributed by atoms with Gasteiger partial charge in [0.15, 0.2) is 0 Å². The molecule has 1 rings (SSSR count). The molecule has 0 unspecified atom stereocenters. The molecule has 17 heavy (non-hydrogen) atoms. The normalized spacial score (nSPS) is 11.4. The Balaban J connectivity index is 2.80. The van der Waals surface area contributed by atoms with Crippen LogP contribution in [-0.4, -0.2) is 17.3 Å². The fourth-order valence-electron chi connectivity index (χ4n) is 1.32. The zero-order valence-corrected chi connectivity index (χ0v) is 11.2. The van der Waals surface area contributed by atoms with Crippen LogP contribution in [0.5, 0.6) is 0 Å². The number of rotatable bonds is 4. The standard InChI is InChI=1S/C12H14Cl2FNO/c1-12(2,5-6-13)16-11(17)8-3-4-10(15)9(14)7-8/h3-4,7H,5-6H2,1-2H3,(H,16,17). The third kappa shape index (κ3) is 4.17. The van der Waals surface area contributed by atoms with Crippen LogP contribution in [0.15, 0.2) is 18.2 Å². The van der Waals surface area contributed by atoms with Gasteiger partial charge in [-0.3, -0.25) is 4.79 Å². The minimum absolute atomic E-state index is 0.0622. The van der Waals surface area contributed by atoms with Crippen molar-refractivity contribution in [3.63, 3.8) is 0 Å². The van der Waals surface area contributed by atoms with Crippen molar-refractivity contribution in [3.8, 4) is 0 Å². The summed E-state index contributed by atoms with van der Waals surface area (Å²) in [7, 11) is 0. The number of carbonyl (C=O) groups excluding carboxylic acids is 1. The van der Waals surface area contributed by atoms with E-state index in [4.69, 9.17) is 23.2 Å². The molecule has 0 fully saturated rings. The SMILES string of the molecule is CC(C)(CCCl)NC(=O)c1ccc(F)c(Cl)c1. The van der Waals surface area contributed by atoms with Gasteiger partial charge in [0.2, 0.25) is 0 Å². The van der Waals surface area contributed by atoms with E-state index >= 15 is 0 Å². The van der Waals surface area contributed by atoms with E-state index in [-0.39, 0.29) is 10.9 Å². The first-order chi connectivity index (χ1) is 7.85. The Hall–Kier alpha value is -0.800. The highest BCUT2D eigenvalue weighted by Crippen LogP contribution is 2.17. The van der Waals surface area contributed by atoms with Gasteiger partial charge in [0, 0.05) is 17.0 Å². The van der Waals surface area contributed by atoms with E-state index < -0.39 is 11.4 Å². The van der Waals surface area contributed by atoms with E-state index in [2.05, 4.69) is 5.32 Å². The van der Waals surface area contributed by atoms with Crippen LogP contribution in [0.4, 0.5) is 4.39 Å². The molecule has 0 heterocycles. The Morgan fingerprint density at radius 3 is 2.65 bits per heavy atom. The number of amides is 1. The third-order valence-electron chi connectivity index (χ3n) is 2.35. The van der Waals surface area contributed by atoms with E-state index in [0.717, 1.165) is 0 Å². The molecule has 2 nitrogen and oxygen atoms in total. The van der Waals surface area contributed by atoms with Crippen LogP contribution in [0.1, 0.15) is 30.6 Å². The molecule has 94 valence electrons. The maximum atomic E-state index is 12.9. The van der Waals surface area contributed by atoms with Gasteiger partial charge in [-0.05, 0) is 38.5 Å². The Bertz CT molecular complexity index is 421. The largest absolute Gasteiger partial charge is 0.347 e. The van der Waals surface area contributed by atoms with Crippen molar-refractivity contribution >= 4 is 29.1 Å². The minimum Gasteiger partial charge on any atom is -0.347 e. The summed E-state index contributed by atoms with van der Waals surface area (Å²) in [5, 5.41) is 2.75. The summed E-state index contributed by atoms with van der Waals surface area (Å²) in [5.74, 6) is -0.373. The van der Waals surface area contributed by atoms with Crippen molar-refractivity contribution in [2.45, 2.75) is 25.8 Å². The first-order valence-corrected chi connectivity index (χ1v) is 6.10. The van der Waals surface area contributed by atoms with Gasteiger partial charge in [-0.15, -0.1) is 11.6 Å². The van der Waals surface area contributed by atoms with Crippen molar-refractivity contribution in [1.82, 2.24) is 5.32 Å². The minimum atomic E-state index is -0.539. The van der Waals surface area contributed by atoms with E-state index in [1.807, 2.05) is 13.8 Å². The molecule has 0 atom stereocenters. The average molecular weight is 278 g/mol. The molecule has 1 amide bonds. The molecule has 0 saturated heterocycles. The van der Waals surface area contributed by atoms with Gasteiger partial charge in [-0.1, -0.05) is 11.6 Å². The summed E-state index contributed by atoms with van der Waals surface area (Å²) in [6.07, 6.45) is 0.648. The molecule has 1 N–H and O–H groups in total. The van der Waals surface area contributed by atoms with E-state index in [0.29, 0.717) is 17.9 Å². The number of hydrogen-bond acceptors (Lipinski definition) is 1. The topological polar surface area (TPSA) is 29.1 Å². The highest BCUT2D eigenvalue weighted by molar-refractivity contribution is 6.31. The predicted octanol–water partition coefficient (Wildman–Crippen LogP) is 3.62. The molecule has 0 aliphatic heterocycles. The highest BCUT2D eigenvalue weighted by atomic mass is 35.5. The average Bonchev–Trinajstić information content (AvgIpc) is 2.21. The smallest absolute Gasteiger partial charge is 0.251 e. The first kappa shape index (κ1) is 14.3. The van der Waals surface area contributed by atoms with Crippen molar-refractivity contribution in [3.05, 3.63) is 34.6 Å². The van der Waals surface area contributed by atoms with E-state index in [9.17, 15) is 9.18 Å². The Morgan fingerprint density at radius 2 is 2.12 bits per heavy atom. The van der Waals surface area contributed by atoms with Gasteiger partial charge in [-0.2, -0.15) is 0 Å². The number of halogens is 3. The first-order valence-electron chi connectivity index (χ1n) is 5.19. The molecule has 0 aliphatic rings. The number of alkyl halides is 1. The summed E-state index contributed by atoms with van der Waals surface area (Å²) in [6.45, 7) is 3.75. The van der Waals surface area contributed by atoms with Crippen molar-refractivity contribution in [2.24, 2.45) is 0 Å². The zero-order valence-electron chi connectivity index (χ0n) is 9.69. The van der Waals surface area contributed by atoms with Gasteiger partial charge in [0.1, 0.15) is 5.82 Å². The molecule has 5 heteroatoms. The molecular weight excluding hydrogens is 264 g/mol. The second-order valence-electron chi connectivity index (χ2n) is 4.41. The summed E-state index contributed by atoms with van der Waals surface area (Å²) >= 11 is 11.3. The number of benzene rings is 1. The zero-order chi connectivity index (χ0) is 13.1. The lowest BCUT2D eigenvalue weighted by Gasteiger charge is -2.25. The third-order valence-corrected chi connectivity index (χ3v) is 2.83. The summed E-state index contributed by atoms with van der Waals surface area (Å²) in [5.41, 5.74) is -0.0706. The molecule has 0 aliphatic carbocycles. The molecule has 0 radical (unpaired) electrons. The summed E-state index contributed by atoms with van der Waals surface area (Å²) in [4.78, 5) is 11.9. The van der Waals surface area contributed by atoms with Crippen molar-refractivity contribution in [1.29, 1.82) is 0 Å². The fourth-order valence-corrected chi connectivity index (χ4v) is 1.97. The lowest BCUT2D eigenvalue weighted by atomic mass is 10.0. The Labute approximate surface area is 110 Å². The van der Waals surface area contributed by atoms with Crippen LogP contribution >= 0.6 is 23.2 Å². The molecule has 1 aromatic rings. The van der Waals surface area contributed by atoms with Gasteiger partial charge < -0.3 is 5.32 Å². The number of hydrogen-bond donors (Lipinski definition) is 1. The Morgan fingerprint density at radius 1 is 1.47 bits per heavy atom. The van der Waals surface area contributed by atoms with Crippen molar-refractivity contribution in [2.75, 3.05) is 5.88 Å². The second-order valence-corrected chi connectivity index (χ2v) is 5.19. The Kier molecular flexibility index (Phi) is 4.78. The van der Waals surface area contributed by atoms with Crippen LogP contribution < -0.4 is 5.32 Å². The molecular formula is C12H14Cl2FNO. The maximum Gasteiger partial charge on any atom is 0.251 e. The summed E-state index contributed by atoms with van der Waals surface area (Å²) in [6, 6.07) is 3.88. The van der Waals surface area contributed by atoms with Crippen LogP contribution in [0, 0.1) is 5.82 Å². The number of carbonyl (C=O) groups is 1. The molecule has 0 saturated carbocycles. The van der Waals surface area contributed by atoms with Crippen LogP contribution in [-0.2, 0) is 0 Å². The molecule has 0 bridgehead atoms. The van der Waals surface area contributed by atoms with E-state index in [1.165, 1.54) is 18.2 Å². The van der Waals surface area contributed by atoms with Gasteiger partial charge in [-0.25, -0.2) is 4.39 Å². The van der Waals surface area contributed by atoms with Gasteiger partial charge in [0.25, 0.3) is 5.91 Å². The quantitative estimate of drug-likeness (QED) is 0.837. The monoisotopic (exact) mass is 277 g/mol. The van der Waals surface area contributed by atoms with Crippen LogP contribution in [0.2, 0.25) is 5.02 Å². The lowest BCUT2D eigenvalue weighted by molar-refractivity contribution is 0.0911. The van der Waals surface area contributed by atoms with Gasteiger partial charge >= 0.3 is 0 Å². The second kappa shape index (κ2) is 5.69. The maximum absolute atomic E-state index is 12.9. The van der Waals surface area contributed by atoms with E-state index in [1.54, 1.807) is 0 Å². The fraction of sp³-hybridized carbons (Fsp3) is 0.417. The molecule has 1 aromatic carbocycles.